The van der Waals surface area contributed by atoms with Gasteiger partial charge in [-0.1, -0.05) is 12.1 Å². The van der Waals surface area contributed by atoms with Crippen LogP contribution in [0.4, 0.5) is 5.69 Å². The molecule has 126 valence electrons. The Morgan fingerprint density at radius 1 is 1.17 bits per heavy atom. The molecule has 1 aromatic carbocycles. The van der Waals surface area contributed by atoms with E-state index in [1.165, 1.54) is 6.26 Å². The molecule has 1 fully saturated rings. The molecule has 3 rings (SSSR count). The smallest absolute Gasteiger partial charge is 0.291 e. The molecule has 6 heteroatoms. The maximum atomic E-state index is 12.1. The van der Waals surface area contributed by atoms with E-state index < -0.39 is 0 Å². The maximum absolute atomic E-state index is 12.1. The number of anilines is 1. The molecule has 2 amide bonds. The average Bonchev–Trinajstić information content (AvgIpc) is 3.25. The monoisotopic (exact) mass is 327 g/mol. The lowest BCUT2D eigenvalue weighted by atomic mass is 10.1. The molecule has 6 nitrogen and oxygen atoms in total. The van der Waals surface area contributed by atoms with Gasteiger partial charge >= 0.3 is 0 Å². The van der Waals surface area contributed by atoms with Gasteiger partial charge in [0.2, 0.25) is 5.91 Å². The first kappa shape index (κ1) is 16.3. The van der Waals surface area contributed by atoms with Crippen LogP contribution < -0.4 is 16.4 Å². The Hall–Kier alpha value is -2.60. The van der Waals surface area contributed by atoms with E-state index in [2.05, 4.69) is 10.6 Å². The van der Waals surface area contributed by atoms with E-state index >= 15 is 0 Å². The van der Waals surface area contributed by atoms with Crippen molar-refractivity contribution < 1.29 is 14.0 Å². The number of furan rings is 1. The number of hydrogen-bond acceptors (Lipinski definition) is 4. The highest BCUT2D eigenvalue weighted by atomic mass is 16.3. The zero-order valence-electron chi connectivity index (χ0n) is 13.3. The van der Waals surface area contributed by atoms with Crippen LogP contribution in [0.5, 0.6) is 0 Å². The molecule has 1 aromatic heterocycles. The lowest BCUT2D eigenvalue weighted by molar-refractivity contribution is -0.125. The molecule has 1 heterocycles. The van der Waals surface area contributed by atoms with Crippen molar-refractivity contribution in [3.63, 3.8) is 0 Å². The predicted octanol–water partition coefficient (Wildman–Crippen LogP) is 2.28. The summed E-state index contributed by atoms with van der Waals surface area (Å²) in [5, 5.41) is 5.70. The molecule has 0 aliphatic heterocycles. The Balaban J connectivity index is 1.49. The molecule has 1 aliphatic rings. The molecule has 1 aliphatic carbocycles. The summed E-state index contributed by atoms with van der Waals surface area (Å²) in [4.78, 5) is 24.0. The Morgan fingerprint density at radius 2 is 1.96 bits per heavy atom. The third kappa shape index (κ3) is 4.02. The van der Waals surface area contributed by atoms with Crippen molar-refractivity contribution in [1.29, 1.82) is 0 Å². The van der Waals surface area contributed by atoms with Crippen LogP contribution in [0.1, 0.15) is 35.4 Å². The standard InChI is InChI=1S/C18H21N3O3/c19-14-6-5-13(10-14)17(22)20-11-12-3-7-15(8-4-12)21-18(23)16-2-1-9-24-16/h1-4,7-9,13-14H,5-6,10-11,19H2,(H,20,22)(H,21,23). The molecular weight excluding hydrogens is 306 g/mol. The van der Waals surface area contributed by atoms with Crippen molar-refractivity contribution in [2.24, 2.45) is 11.7 Å². The molecule has 0 bridgehead atoms. The van der Waals surface area contributed by atoms with Gasteiger partial charge in [0.05, 0.1) is 6.26 Å². The minimum atomic E-state index is -0.293. The fraction of sp³-hybridized carbons (Fsp3) is 0.333. The number of carbonyl (C=O) groups is 2. The summed E-state index contributed by atoms with van der Waals surface area (Å²) in [5.41, 5.74) is 7.49. The Morgan fingerprint density at radius 3 is 2.58 bits per heavy atom. The molecule has 2 aromatic rings. The number of rotatable bonds is 5. The lowest BCUT2D eigenvalue weighted by Gasteiger charge is -2.11. The van der Waals surface area contributed by atoms with E-state index in [0.717, 1.165) is 24.8 Å². The molecule has 4 N–H and O–H groups in total. The fourth-order valence-corrected chi connectivity index (χ4v) is 2.89. The summed E-state index contributed by atoms with van der Waals surface area (Å²) in [7, 11) is 0. The number of amides is 2. The van der Waals surface area contributed by atoms with Crippen molar-refractivity contribution in [2.45, 2.75) is 31.8 Å². The molecule has 0 spiro atoms. The molecule has 24 heavy (non-hydrogen) atoms. The van der Waals surface area contributed by atoms with Crippen LogP contribution in [0.25, 0.3) is 0 Å². The van der Waals surface area contributed by atoms with Crippen LogP contribution in [0.15, 0.2) is 47.1 Å². The topological polar surface area (TPSA) is 97.4 Å². The quantitative estimate of drug-likeness (QED) is 0.785. The zero-order chi connectivity index (χ0) is 16.9. The van der Waals surface area contributed by atoms with Crippen LogP contribution in [-0.2, 0) is 11.3 Å². The SMILES string of the molecule is NC1CCC(C(=O)NCc2ccc(NC(=O)c3ccco3)cc2)C1. The molecule has 2 unspecified atom stereocenters. The Kier molecular flexibility index (Phi) is 4.96. The highest BCUT2D eigenvalue weighted by Gasteiger charge is 2.27. The summed E-state index contributed by atoms with van der Waals surface area (Å²) in [6, 6.07) is 10.8. The number of benzene rings is 1. The van der Waals surface area contributed by atoms with Gasteiger partial charge in [0.15, 0.2) is 5.76 Å². The first-order valence-electron chi connectivity index (χ1n) is 8.09. The zero-order valence-corrected chi connectivity index (χ0v) is 13.3. The second-order valence-corrected chi connectivity index (χ2v) is 6.12. The molecule has 1 saturated carbocycles. The fourth-order valence-electron chi connectivity index (χ4n) is 2.89. The van der Waals surface area contributed by atoms with E-state index in [1.54, 1.807) is 24.3 Å². The van der Waals surface area contributed by atoms with Crippen LogP contribution in [0, 0.1) is 5.92 Å². The van der Waals surface area contributed by atoms with Gasteiger partial charge in [-0.2, -0.15) is 0 Å². The number of nitrogens with two attached hydrogens (primary N) is 1. The minimum Gasteiger partial charge on any atom is -0.459 e. The molecule has 2 atom stereocenters. The van der Waals surface area contributed by atoms with Gasteiger partial charge in [0.1, 0.15) is 0 Å². The first-order chi connectivity index (χ1) is 11.6. The number of hydrogen-bond donors (Lipinski definition) is 3. The van der Waals surface area contributed by atoms with Gasteiger partial charge in [0, 0.05) is 24.2 Å². The second-order valence-electron chi connectivity index (χ2n) is 6.12. The summed E-state index contributed by atoms with van der Waals surface area (Å²) >= 11 is 0. The lowest BCUT2D eigenvalue weighted by Crippen LogP contribution is -2.29. The van der Waals surface area contributed by atoms with Crippen LogP contribution in [0.2, 0.25) is 0 Å². The van der Waals surface area contributed by atoms with Gasteiger partial charge in [0.25, 0.3) is 5.91 Å². The van der Waals surface area contributed by atoms with E-state index in [0.29, 0.717) is 12.2 Å². The first-order valence-corrected chi connectivity index (χ1v) is 8.09. The normalized spacial score (nSPS) is 19.9. The minimum absolute atomic E-state index is 0.0341. The highest BCUT2D eigenvalue weighted by Crippen LogP contribution is 2.24. The summed E-state index contributed by atoms with van der Waals surface area (Å²) in [6.07, 6.45) is 4.01. The maximum Gasteiger partial charge on any atom is 0.291 e. The van der Waals surface area contributed by atoms with E-state index in [1.807, 2.05) is 12.1 Å². The Bertz CT molecular complexity index is 695. The molecular formula is C18H21N3O3. The average molecular weight is 327 g/mol. The van der Waals surface area contributed by atoms with Crippen LogP contribution in [0.3, 0.4) is 0 Å². The van der Waals surface area contributed by atoms with Crippen LogP contribution in [-0.4, -0.2) is 17.9 Å². The third-order valence-electron chi connectivity index (χ3n) is 4.27. The van der Waals surface area contributed by atoms with Crippen LogP contribution >= 0.6 is 0 Å². The van der Waals surface area contributed by atoms with Gasteiger partial charge in [-0.05, 0) is 49.1 Å². The van der Waals surface area contributed by atoms with Gasteiger partial charge in [-0.15, -0.1) is 0 Å². The molecule has 0 saturated heterocycles. The van der Waals surface area contributed by atoms with Gasteiger partial charge < -0.3 is 20.8 Å². The number of carbonyl (C=O) groups excluding carboxylic acids is 2. The highest BCUT2D eigenvalue weighted by molar-refractivity contribution is 6.02. The van der Waals surface area contributed by atoms with Crippen molar-refractivity contribution in [2.75, 3.05) is 5.32 Å². The summed E-state index contributed by atoms with van der Waals surface area (Å²) in [6.45, 7) is 0.469. The third-order valence-corrected chi connectivity index (χ3v) is 4.27. The van der Waals surface area contributed by atoms with Crippen molar-refractivity contribution in [3.8, 4) is 0 Å². The summed E-state index contributed by atoms with van der Waals surface area (Å²) < 4.78 is 5.04. The molecule has 0 radical (unpaired) electrons. The number of nitrogens with one attached hydrogen (secondary N) is 2. The van der Waals surface area contributed by atoms with Crippen molar-refractivity contribution in [1.82, 2.24) is 5.32 Å². The van der Waals surface area contributed by atoms with Gasteiger partial charge in [-0.3, -0.25) is 9.59 Å². The van der Waals surface area contributed by atoms with E-state index in [9.17, 15) is 9.59 Å². The van der Waals surface area contributed by atoms with Gasteiger partial charge in [-0.25, -0.2) is 0 Å². The largest absolute Gasteiger partial charge is 0.459 e. The van der Waals surface area contributed by atoms with E-state index in [-0.39, 0.29) is 29.5 Å². The summed E-state index contributed by atoms with van der Waals surface area (Å²) in [5.74, 6) is 0.0738. The second kappa shape index (κ2) is 7.31. The van der Waals surface area contributed by atoms with Crippen molar-refractivity contribution in [3.05, 3.63) is 54.0 Å². The van der Waals surface area contributed by atoms with Crippen molar-refractivity contribution >= 4 is 17.5 Å². The predicted molar refractivity (Wildman–Crippen MR) is 90.3 cm³/mol. The van der Waals surface area contributed by atoms with E-state index in [4.69, 9.17) is 10.2 Å². The Labute approximate surface area is 140 Å².